The molecule has 0 fully saturated rings. The van der Waals surface area contributed by atoms with E-state index < -0.39 is 5.97 Å². The second-order valence-electron chi connectivity index (χ2n) is 9.18. The summed E-state index contributed by atoms with van der Waals surface area (Å²) in [6.07, 6.45) is 5.94. The van der Waals surface area contributed by atoms with Crippen LogP contribution in [0.4, 0.5) is 0 Å². The summed E-state index contributed by atoms with van der Waals surface area (Å²) < 4.78 is 5.84. The van der Waals surface area contributed by atoms with E-state index in [1.54, 1.807) is 18.5 Å². The van der Waals surface area contributed by atoms with Crippen molar-refractivity contribution >= 4 is 5.97 Å². The number of carbonyl (C=O) groups is 1. The first kappa shape index (κ1) is 23.0. The number of pyridine rings is 1. The van der Waals surface area contributed by atoms with Gasteiger partial charge in [-0.2, -0.15) is 0 Å². The fraction of sp³-hybridized carbons (Fsp3) is 0.357. The molecule has 33 heavy (non-hydrogen) atoms. The number of carboxylic acid groups (broad SMARTS) is 1. The molecule has 5 nitrogen and oxygen atoms in total. The number of likely N-dealkylation sites (N-methyl/N-ethyl adjacent to an activating group) is 1. The third-order valence-corrected chi connectivity index (χ3v) is 6.47. The van der Waals surface area contributed by atoms with E-state index in [0.717, 1.165) is 30.7 Å². The average Bonchev–Trinajstić information content (AvgIpc) is 2.78. The van der Waals surface area contributed by atoms with Crippen molar-refractivity contribution in [1.82, 2.24) is 9.88 Å². The van der Waals surface area contributed by atoms with Gasteiger partial charge in [-0.1, -0.05) is 24.3 Å². The molecule has 0 saturated heterocycles. The van der Waals surface area contributed by atoms with Gasteiger partial charge in [0.2, 0.25) is 0 Å². The molecule has 4 rings (SSSR count). The van der Waals surface area contributed by atoms with Gasteiger partial charge in [-0.05, 0) is 98.7 Å². The number of carboxylic acids is 1. The summed E-state index contributed by atoms with van der Waals surface area (Å²) in [5, 5.41) is 9.49. The highest BCUT2D eigenvalue weighted by molar-refractivity contribution is 5.89. The van der Waals surface area contributed by atoms with Gasteiger partial charge in [0.25, 0.3) is 0 Å². The standard InChI is InChI=1S/C28H32N2O3/c1-18(2)33-23-7-9-24(19(3)15-23)20-5-8-25-21(16-20)12-14-30(4)27(25)10-6-22-17-29-13-11-26(22)28(31)32/h5,7-9,11,13,15-18,27H,6,10,12,14H2,1-4H3,(H,31,32)/t27-/m0/s1. The molecule has 1 atom stereocenters. The summed E-state index contributed by atoms with van der Waals surface area (Å²) in [5.41, 5.74) is 7.51. The van der Waals surface area contributed by atoms with Crippen LogP contribution in [0.1, 0.15) is 58.9 Å². The summed E-state index contributed by atoms with van der Waals surface area (Å²) >= 11 is 0. The Morgan fingerprint density at radius 3 is 2.76 bits per heavy atom. The first-order valence-corrected chi connectivity index (χ1v) is 11.6. The molecular formula is C28H32N2O3. The van der Waals surface area contributed by atoms with Gasteiger partial charge in [0, 0.05) is 25.0 Å². The number of aromatic nitrogens is 1. The van der Waals surface area contributed by atoms with Gasteiger partial charge in [0.05, 0.1) is 11.7 Å². The highest BCUT2D eigenvalue weighted by atomic mass is 16.5. The van der Waals surface area contributed by atoms with Crippen LogP contribution in [-0.4, -0.2) is 40.7 Å². The number of benzene rings is 2. The van der Waals surface area contributed by atoms with Crippen LogP contribution >= 0.6 is 0 Å². The lowest BCUT2D eigenvalue weighted by Gasteiger charge is -2.35. The quantitative estimate of drug-likeness (QED) is 0.506. The van der Waals surface area contributed by atoms with Crippen molar-refractivity contribution < 1.29 is 14.6 Å². The Morgan fingerprint density at radius 1 is 1.21 bits per heavy atom. The molecule has 0 unspecified atom stereocenters. The maximum absolute atomic E-state index is 11.6. The fourth-order valence-electron chi connectivity index (χ4n) is 4.81. The van der Waals surface area contributed by atoms with Gasteiger partial charge < -0.3 is 9.84 Å². The number of aryl methyl sites for hydroxylation is 2. The van der Waals surface area contributed by atoms with E-state index in [9.17, 15) is 9.90 Å². The molecule has 172 valence electrons. The molecular weight excluding hydrogens is 412 g/mol. The lowest BCUT2D eigenvalue weighted by Crippen LogP contribution is -2.32. The van der Waals surface area contributed by atoms with E-state index in [-0.39, 0.29) is 12.1 Å². The molecule has 3 aromatic rings. The minimum absolute atomic E-state index is 0.158. The number of aromatic carboxylic acids is 1. The summed E-state index contributed by atoms with van der Waals surface area (Å²) in [7, 11) is 2.15. The number of ether oxygens (including phenoxy) is 1. The van der Waals surface area contributed by atoms with Crippen LogP contribution in [0.25, 0.3) is 11.1 Å². The molecule has 0 spiro atoms. The smallest absolute Gasteiger partial charge is 0.336 e. The van der Waals surface area contributed by atoms with E-state index in [1.165, 1.54) is 27.8 Å². The van der Waals surface area contributed by atoms with Crippen LogP contribution in [0, 0.1) is 6.92 Å². The molecule has 0 amide bonds. The van der Waals surface area contributed by atoms with Crippen molar-refractivity contribution in [3.8, 4) is 16.9 Å². The lowest BCUT2D eigenvalue weighted by molar-refractivity contribution is 0.0695. The first-order valence-electron chi connectivity index (χ1n) is 11.6. The fourth-order valence-corrected chi connectivity index (χ4v) is 4.81. The Hall–Kier alpha value is -3.18. The van der Waals surface area contributed by atoms with E-state index >= 15 is 0 Å². The highest BCUT2D eigenvalue weighted by Gasteiger charge is 2.25. The van der Waals surface area contributed by atoms with E-state index in [1.807, 2.05) is 19.9 Å². The number of hydrogen-bond acceptors (Lipinski definition) is 4. The van der Waals surface area contributed by atoms with Crippen LogP contribution < -0.4 is 4.74 Å². The van der Waals surface area contributed by atoms with Crippen molar-refractivity contribution in [3.05, 3.63) is 82.7 Å². The minimum atomic E-state index is -0.894. The average molecular weight is 445 g/mol. The second kappa shape index (κ2) is 9.75. The van der Waals surface area contributed by atoms with E-state index in [4.69, 9.17) is 4.74 Å². The van der Waals surface area contributed by atoms with E-state index in [2.05, 4.69) is 54.2 Å². The van der Waals surface area contributed by atoms with Crippen molar-refractivity contribution in [2.24, 2.45) is 0 Å². The molecule has 2 aromatic carbocycles. The maximum atomic E-state index is 11.6. The molecule has 1 aromatic heterocycles. The van der Waals surface area contributed by atoms with Crippen molar-refractivity contribution in [3.63, 3.8) is 0 Å². The Labute approximate surface area is 196 Å². The number of fused-ring (bicyclic) bond motifs is 1. The van der Waals surface area contributed by atoms with Crippen molar-refractivity contribution in [2.45, 2.75) is 52.2 Å². The maximum Gasteiger partial charge on any atom is 0.336 e. The van der Waals surface area contributed by atoms with Crippen molar-refractivity contribution in [2.75, 3.05) is 13.6 Å². The SMILES string of the molecule is Cc1cc(OC(C)C)ccc1-c1ccc2c(c1)CCN(C)[C@H]2CCc1cnccc1C(=O)O. The summed E-state index contributed by atoms with van der Waals surface area (Å²) in [6.45, 7) is 7.19. The Balaban J connectivity index is 1.58. The molecule has 5 heteroatoms. The zero-order valence-electron chi connectivity index (χ0n) is 19.8. The molecule has 0 saturated carbocycles. The molecule has 1 aliphatic heterocycles. The van der Waals surface area contributed by atoms with Crippen LogP contribution in [0.15, 0.2) is 54.9 Å². The van der Waals surface area contributed by atoms with Crippen LogP contribution in [-0.2, 0) is 12.8 Å². The van der Waals surface area contributed by atoms with Gasteiger partial charge in [-0.15, -0.1) is 0 Å². The third-order valence-electron chi connectivity index (χ3n) is 6.47. The Morgan fingerprint density at radius 2 is 2.03 bits per heavy atom. The zero-order chi connectivity index (χ0) is 23.5. The summed E-state index contributed by atoms with van der Waals surface area (Å²) in [6, 6.07) is 14.9. The van der Waals surface area contributed by atoms with Gasteiger partial charge in [0.1, 0.15) is 5.75 Å². The lowest BCUT2D eigenvalue weighted by atomic mass is 9.86. The largest absolute Gasteiger partial charge is 0.491 e. The highest BCUT2D eigenvalue weighted by Crippen LogP contribution is 2.36. The molecule has 2 heterocycles. The molecule has 0 radical (unpaired) electrons. The summed E-state index contributed by atoms with van der Waals surface area (Å²) in [5.74, 6) is 0.0108. The van der Waals surface area contributed by atoms with Gasteiger partial charge >= 0.3 is 5.97 Å². The van der Waals surface area contributed by atoms with Crippen LogP contribution in [0.3, 0.4) is 0 Å². The predicted molar refractivity (Wildman–Crippen MR) is 131 cm³/mol. The topological polar surface area (TPSA) is 62.7 Å². The van der Waals surface area contributed by atoms with Crippen molar-refractivity contribution in [1.29, 1.82) is 0 Å². The summed E-state index contributed by atoms with van der Waals surface area (Å²) in [4.78, 5) is 18.1. The Kier molecular flexibility index (Phi) is 6.80. The number of hydrogen-bond donors (Lipinski definition) is 1. The zero-order valence-corrected chi connectivity index (χ0v) is 19.8. The number of rotatable bonds is 7. The van der Waals surface area contributed by atoms with Crippen LogP contribution in [0.5, 0.6) is 5.75 Å². The number of nitrogens with zero attached hydrogens (tertiary/aromatic N) is 2. The predicted octanol–water partition coefficient (Wildman–Crippen LogP) is 5.70. The van der Waals surface area contributed by atoms with Gasteiger partial charge in [-0.25, -0.2) is 4.79 Å². The van der Waals surface area contributed by atoms with Gasteiger partial charge in [-0.3, -0.25) is 9.88 Å². The normalized spacial score (nSPS) is 16.0. The Bertz CT molecular complexity index is 1160. The molecule has 0 aliphatic carbocycles. The first-order chi connectivity index (χ1) is 15.8. The van der Waals surface area contributed by atoms with E-state index in [0.29, 0.717) is 12.0 Å². The second-order valence-corrected chi connectivity index (χ2v) is 9.18. The third kappa shape index (κ3) is 5.09. The molecule has 0 bridgehead atoms. The monoisotopic (exact) mass is 444 g/mol. The molecule has 1 aliphatic rings. The molecule has 1 N–H and O–H groups in total. The van der Waals surface area contributed by atoms with Gasteiger partial charge in [0.15, 0.2) is 0 Å². The minimum Gasteiger partial charge on any atom is -0.491 e. The van der Waals surface area contributed by atoms with Crippen LogP contribution in [0.2, 0.25) is 0 Å².